The Bertz CT molecular complexity index is 793. The van der Waals surface area contributed by atoms with Crippen molar-refractivity contribution in [1.29, 1.82) is 0 Å². The summed E-state index contributed by atoms with van der Waals surface area (Å²) >= 11 is 13.4. The molecule has 2 aliphatic rings. The van der Waals surface area contributed by atoms with Crippen LogP contribution in [0.1, 0.15) is 0 Å². The summed E-state index contributed by atoms with van der Waals surface area (Å²) in [7, 11) is -1.71. The Balaban J connectivity index is 2.02. The number of carbonyl (C=O) groups is 1. The molecule has 0 unspecified atom stereocenters. The topological polar surface area (TPSA) is 76.0 Å². The Morgan fingerprint density at radius 3 is 2.62 bits per heavy atom. The van der Waals surface area contributed by atoms with Gasteiger partial charge in [-0.3, -0.25) is 4.79 Å². The predicted molar refractivity (Wildman–Crippen MR) is 97.1 cm³/mol. The SMILES string of the molecule is COCC(=O)N=C1S[C@@H]2CS(=O)(=O)C[C@@H]2N1c1cc(Cl)cc(Cl)c1. The highest BCUT2D eigenvalue weighted by molar-refractivity contribution is 8.16. The molecule has 0 aliphatic carbocycles. The molecule has 10 heteroatoms. The van der Waals surface area contributed by atoms with Crippen molar-refractivity contribution in [3.05, 3.63) is 28.2 Å². The Morgan fingerprint density at radius 1 is 1.33 bits per heavy atom. The lowest BCUT2D eigenvalue weighted by atomic mass is 10.2. The molecule has 1 amide bonds. The van der Waals surface area contributed by atoms with Crippen LogP contribution in [0.3, 0.4) is 0 Å². The van der Waals surface area contributed by atoms with E-state index in [1.165, 1.54) is 18.9 Å². The van der Waals surface area contributed by atoms with Crippen LogP contribution in [0.4, 0.5) is 5.69 Å². The van der Waals surface area contributed by atoms with Crippen LogP contribution in [0.5, 0.6) is 0 Å². The van der Waals surface area contributed by atoms with E-state index in [4.69, 9.17) is 27.9 Å². The van der Waals surface area contributed by atoms with Crippen molar-refractivity contribution < 1.29 is 17.9 Å². The number of hydrogen-bond donors (Lipinski definition) is 0. The maximum absolute atomic E-state index is 12.0. The number of halogens is 2. The van der Waals surface area contributed by atoms with Crippen LogP contribution in [-0.4, -0.2) is 56.0 Å². The molecule has 2 aliphatic heterocycles. The third-order valence-electron chi connectivity index (χ3n) is 3.68. The quantitative estimate of drug-likeness (QED) is 0.762. The van der Waals surface area contributed by atoms with Crippen LogP contribution in [0.25, 0.3) is 0 Å². The Labute approximate surface area is 154 Å². The van der Waals surface area contributed by atoms with Gasteiger partial charge in [0.15, 0.2) is 15.0 Å². The fraction of sp³-hybridized carbons (Fsp3) is 0.429. The summed E-state index contributed by atoms with van der Waals surface area (Å²) in [5.74, 6) is -0.363. The first-order chi connectivity index (χ1) is 11.3. The van der Waals surface area contributed by atoms with Gasteiger partial charge in [0, 0.05) is 28.1 Å². The molecule has 0 radical (unpaired) electrons. The van der Waals surface area contributed by atoms with Gasteiger partial charge in [0.2, 0.25) is 0 Å². The molecular weight excluding hydrogens is 395 g/mol. The molecular formula is C14H14Cl2N2O4S2. The van der Waals surface area contributed by atoms with E-state index in [1.807, 2.05) is 0 Å². The lowest BCUT2D eigenvalue weighted by Crippen LogP contribution is -2.37. The van der Waals surface area contributed by atoms with E-state index in [9.17, 15) is 13.2 Å². The highest BCUT2D eigenvalue weighted by Crippen LogP contribution is 2.42. The number of thioether (sulfide) groups is 1. The van der Waals surface area contributed by atoms with Gasteiger partial charge in [-0.15, -0.1) is 0 Å². The summed E-state index contributed by atoms with van der Waals surface area (Å²) in [6.07, 6.45) is 0. The summed E-state index contributed by atoms with van der Waals surface area (Å²) in [6, 6.07) is 4.64. The number of sulfone groups is 1. The molecule has 2 atom stereocenters. The molecule has 0 aromatic heterocycles. The van der Waals surface area contributed by atoms with Gasteiger partial charge >= 0.3 is 0 Å². The number of rotatable bonds is 3. The minimum absolute atomic E-state index is 0.00624. The van der Waals surface area contributed by atoms with E-state index in [0.717, 1.165) is 0 Å². The van der Waals surface area contributed by atoms with Crippen LogP contribution in [-0.2, 0) is 19.4 Å². The summed E-state index contributed by atoms with van der Waals surface area (Å²) in [4.78, 5) is 17.6. The normalized spacial score (nSPS) is 26.8. The summed E-state index contributed by atoms with van der Waals surface area (Å²) in [5, 5.41) is 1.12. The van der Waals surface area contributed by atoms with Crippen molar-refractivity contribution >= 4 is 61.6 Å². The maximum Gasteiger partial charge on any atom is 0.274 e. The fourth-order valence-corrected chi connectivity index (χ4v) is 7.25. The average molecular weight is 409 g/mol. The van der Waals surface area contributed by atoms with Crippen LogP contribution in [0, 0.1) is 0 Å². The van der Waals surface area contributed by atoms with Crippen molar-refractivity contribution in [3.8, 4) is 0 Å². The lowest BCUT2D eigenvalue weighted by Gasteiger charge is -2.24. The van der Waals surface area contributed by atoms with Crippen molar-refractivity contribution in [2.45, 2.75) is 11.3 Å². The molecule has 0 N–H and O–H groups in total. The maximum atomic E-state index is 12.0. The monoisotopic (exact) mass is 408 g/mol. The predicted octanol–water partition coefficient (Wildman–Crippen LogP) is 2.24. The van der Waals surface area contributed by atoms with Gasteiger partial charge in [0.05, 0.1) is 17.5 Å². The first-order valence-electron chi connectivity index (χ1n) is 7.02. The third kappa shape index (κ3) is 3.72. The molecule has 6 nitrogen and oxygen atoms in total. The van der Waals surface area contributed by atoms with E-state index in [0.29, 0.717) is 20.9 Å². The molecule has 0 saturated carbocycles. The van der Waals surface area contributed by atoms with Gasteiger partial charge in [0.25, 0.3) is 5.91 Å². The van der Waals surface area contributed by atoms with Crippen LogP contribution in [0.15, 0.2) is 23.2 Å². The van der Waals surface area contributed by atoms with Crippen molar-refractivity contribution in [2.75, 3.05) is 30.1 Å². The molecule has 130 valence electrons. The summed E-state index contributed by atoms with van der Waals surface area (Å²) in [5.41, 5.74) is 0.619. The van der Waals surface area contributed by atoms with Gasteiger partial charge in [-0.05, 0) is 18.2 Å². The molecule has 0 bridgehead atoms. The fourth-order valence-electron chi connectivity index (χ4n) is 2.81. The van der Waals surface area contributed by atoms with Crippen molar-refractivity contribution in [2.24, 2.45) is 4.99 Å². The second-order valence-corrected chi connectivity index (χ2v) is 9.75. The standard InChI is InChI=1S/C14H14Cl2N2O4S2/c1-22-5-13(19)17-14-18(10-3-8(15)2-9(16)4-10)11-6-24(20,21)7-12(11)23-14/h2-4,11-12H,5-7H2,1H3/t11-,12+/m0/s1. The smallest absolute Gasteiger partial charge is 0.274 e. The van der Waals surface area contributed by atoms with E-state index in [2.05, 4.69) is 4.99 Å². The minimum Gasteiger partial charge on any atom is -0.375 e. The number of ether oxygens (including phenoxy) is 1. The third-order valence-corrected chi connectivity index (χ3v) is 7.33. The Hall–Kier alpha value is -0.800. The number of benzene rings is 1. The Kier molecular flexibility index (Phi) is 5.13. The molecule has 24 heavy (non-hydrogen) atoms. The number of nitrogens with zero attached hydrogens (tertiary/aromatic N) is 2. The first-order valence-corrected chi connectivity index (χ1v) is 10.5. The van der Waals surface area contributed by atoms with Crippen molar-refractivity contribution in [3.63, 3.8) is 0 Å². The molecule has 2 saturated heterocycles. The van der Waals surface area contributed by atoms with Gasteiger partial charge in [0.1, 0.15) is 6.61 Å². The van der Waals surface area contributed by atoms with Crippen LogP contribution < -0.4 is 4.90 Å². The highest BCUT2D eigenvalue weighted by Gasteiger charge is 2.49. The van der Waals surface area contributed by atoms with E-state index in [-0.39, 0.29) is 29.4 Å². The highest BCUT2D eigenvalue weighted by atomic mass is 35.5. The number of amides is 1. The number of aliphatic imine (C=N–C) groups is 1. The number of fused-ring (bicyclic) bond motifs is 1. The van der Waals surface area contributed by atoms with Gasteiger partial charge in [-0.25, -0.2) is 8.42 Å². The Morgan fingerprint density at radius 2 is 2.00 bits per heavy atom. The molecule has 2 heterocycles. The van der Waals surface area contributed by atoms with Crippen molar-refractivity contribution in [1.82, 2.24) is 0 Å². The van der Waals surface area contributed by atoms with E-state index < -0.39 is 15.7 Å². The first kappa shape index (κ1) is 18.0. The van der Waals surface area contributed by atoms with Gasteiger partial charge < -0.3 is 9.64 Å². The lowest BCUT2D eigenvalue weighted by molar-refractivity contribution is -0.121. The molecule has 1 aromatic carbocycles. The number of hydrogen-bond acceptors (Lipinski definition) is 5. The second kappa shape index (κ2) is 6.84. The summed E-state index contributed by atoms with van der Waals surface area (Å²) < 4.78 is 28.7. The van der Waals surface area contributed by atoms with E-state index in [1.54, 1.807) is 23.1 Å². The second-order valence-electron chi connectivity index (χ2n) is 5.52. The zero-order valence-electron chi connectivity index (χ0n) is 12.6. The van der Waals surface area contributed by atoms with Gasteiger partial charge in [-0.1, -0.05) is 35.0 Å². The van der Waals surface area contributed by atoms with Crippen LogP contribution in [0.2, 0.25) is 10.0 Å². The largest absolute Gasteiger partial charge is 0.375 e. The minimum atomic E-state index is -3.12. The average Bonchev–Trinajstić information content (AvgIpc) is 2.88. The van der Waals surface area contributed by atoms with Crippen LogP contribution >= 0.6 is 35.0 Å². The summed E-state index contributed by atoms with van der Waals surface area (Å²) in [6.45, 7) is -0.137. The van der Waals surface area contributed by atoms with Gasteiger partial charge in [-0.2, -0.15) is 4.99 Å². The van der Waals surface area contributed by atoms with E-state index >= 15 is 0 Å². The number of carbonyl (C=O) groups excluding carboxylic acids is 1. The molecule has 3 rings (SSSR count). The molecule has 0 spiro atoms. The number of amidine groups is 1. The molecule has 1 aromatic rings. The zero-order valence-corrected chi connectivity index (χ0v) is 15.8. The molecule has 2 fully saturated rings. The number of methoxy groups -OCH3 is 1. The zero-order chi connectivity index (χ0) is 17.5. The number of anilines is 1.